The smallest absolute Gasteiger partial charge is 0.321 e. The molecular formula is C16H22N2O3. The number of hydrogen-bond acceptors (Lipinski definition) is 2. The summed E-state index contributed by atoms with van der Waals surface area (Å²) in [5.74, 6) is -0.734. The fraction of sp³-hybridized carbons (Fsp3) is 0.500. The summed E-state index contributed by atoms with van der Waals surface area (Å²) in [5, 5.41) is 11.8. The van der Waals surface area contributed by atoms with Crippen molar-refractivity contribution in [2.24, 2.45) is 5.92 Å². The van der Waals surface area contributed by atoms with Gasteiger partial charge in [-0.25, -0.2) is 4.79 Å². The van der Waals surface area contributed by atoms with Gasteiger partial charge in [0.2, 0.25) is 0 Å². The van der Waals surface area contributed by atoms with E-state index in [0.717, 1.165) is 30.5 Å². The minimum Gasteiger partial charge on any atom is -0.481 e. The average molecular weight is 290 g/mol. The van der Waals surface area contributed by atoms with Gasteiger partial charge in [-0.2, -0.15) is 0 Å². The van der Waals surface area contributed by atoms with Crippen molar-refractivity contribution in [3.8, 4) is 0 Å². The third kappa shape index (κ3) is 4.21. The third-order valence-corrected chi connectivity index (χ3v) is 3.91. The molecule has 0 radical (unpaired) electrons. The van der Waals surface area contributed by atoms with Gasteiger partial charge >= 0.3 is 12.0 Å². The molecule has 0 aliphatic carbocycles. The predicted octanol–water partition coefficient (Wildman–Crippen LogP) is 2.97. The molecule has 2 N–H and O–H groups in total. The van der Waals surface area contributed by atoms with Crippen LogP contribution in [-0.2, 0) is 11.2 Å². The maximum Gasteiger partial charge on any atom is 0.321 e. The van der Waals surface area contributed by atoms with E-state index in [-0.39, 0.29) is 18.4 Å². The van der Waals surface area contributed by atoms with E-state index in [1.54, 1.807) is 4.90 Å². The van der Waals surface area contributed by atoms with Gasteiger partial charge in [-0.3, -0.25) is 4.79 Å². The zero-order valence-electron chi connectivity index (χ0n) is 12.3. The molecule has 5 nitrogen and oxygen atoms in total. The van der Waals surface area contributed by atoms with Gasteiger partial charge < -0.3 is 15.3 Å². The molecule has 1 fully saturated rings. The van der Waals surface area contributed by atoms with E-state index in [0.29, 0.717) is 13.1 Å². The molecule has 1 saturated heterocycles. The molecule has 1 unspecified atom stereocenters. The molecule has 0 saturated carbocycles. The van der Waals surface area contributed by atoms with E-state index >= 15 is 0 Å². The van der Waals surface area contributed by atoms with Crippen molar-refractivity contribution < 1.29 is 14.7 Å². The number of carboxylic acids is 1. The number of likely N-dealkylation sites (tertiary alicyclic amines) is 1. The maximum absolute atomic E-state index is 12.3. The van der Waals surface area contributed by atoms with Gasteiger partial charge in [0.05, 0.1) is 0 Å². The van der Waals surface area contributed by atoms with Crippen molar-refractivity contribution >= 4 is 17.7 Å². The van der Waals surface area contributed by atoms with Gasteiger partial charge in [-0.15, -0.1) is 0 Å². The highest BCUT2D eigenvalue weighted by molar-refractivity contribution is 5.90. The fourth-order valence-electron chi connectivity index (χ4n) is 2.81. The molecular weight excluding hydrogens is 268 g/mol. The quantitative estimate of drug-likeness (QED) is 0.895. The van der Waals surface area contributed by atoms with E-state index in [1.165, 1.54) is 0 Å². The van der Waals surface area contributed by atoms with Crippen LogP contribution in [-0.4, -0.2) is 35.1 Å². The van der Waals surface area contributed by atoms with Crippen molar-refractivity contribution in [2.45, 2.75) is 32.6 Å². The number of carbonyl (C=O) groups excluding carboxylic acids is 1. The zero-order valence-corrected chi connectivity index (χ0v) is 12.3. The number of piperidine rings is 1. The monoisotopic (exact) mass is 290 g/mol. The molecule has 114 valence electrons. The number of nitrogens with zero attached hydrogens (tertiary/aromatic N) is 1. The maximum atomic E-state index is 12.3. The largest absolute Gasteiger partial charge is 0.481 e. The summed E-state index contributed by atoms with van der Waals surface area (Å²) in [6.07, 6.45) is 2.73. The first-order valence-corrected chi connectivity index (χ1v) is 7.45. The standard InChI is InChI=1S/C16H22N2O3/c1-2-13-7-3-4-8-14(13)17-16(21)18-9-5-6-12(11-18)10-15(19)20/h3-4,7-8,12H,2,5-6,9-11H2,1H3,(H,17,21)(H,19,20). The van der Waals surface area contributed by atoms with Gasteiger partial charge in [-0.05, 0) is 36.8 Å². The minimum atomic E-state index is -0.793. The number of aliphatic carboxylic acids is 1. The van der Waals surface area contributed by atoms with E-state index in [9.17, 15) is 9.59 Å². The SMILES string of the molecule is CCc1ccccc1NC(=O)N1CCCC(CC(=O)O)C1. The van der Waals surface area contributed by atoms with Crippen LogP contribution in [0.3, 0.4) is 0 Å². The van der Waals surface area contributed by atoms with E-state index in [1.807, 2.05) is 24.3 Å². The molecule has 0 aromatic heterocycles. The van der Waals surface area contributed by atoms with Crippen LogP contribution >= 0.6 is 0 Å². The van der Waals surface area contributed by atoms with Crippen LogP contribution in [0.2, 0.25) is 0 Å². The highest BCUT2D eigenvalue weighted by Gasteiger charge is 2.25. The number of carboxylic acid groups (broad SMARTS) is 1. The van der Waals surface area contributed by atoms with Gasteiger partial charge in [-0.1, -0.05) is 25.1 Å². The highest BCUT2D eigenvalue weighted by atomic mass is 16.4. The lowest BCUT2D eigenvalue weighted by Gasteiger charge is -2.32. The minimum absolute atomic E-state index is 0.0587. The Morgan fingerprint density at radius 3 is 2.86 bits per heavy atom. The normalized spacial score (nSPS) is 18.3. The van der Waals surface area contributed by atoms with Gasteiger partial charge in [0, 0.05) is 25.2 Å². The predicted molar refractivity (Wildman–Crippen MR) is 81.4 cm³/mol. The van der Waals surface area contributed by atoms with Crippen LogP contribution in [0, 0.1) is 5.92 Å². The lowest BCUT2D eigenvalue weighted by atomic mass is 9.95. The van der Waals surface area contributed by atoms with Crippen LogP contribution in [0.5, 0.6) is 0 Å². The first-order valence-electron chi connectivity index (χ1n) is 7.45. The lowest BCUT2D eigenvalue weighted by molar-refractivity contribution is -0.138. The second kappa shape index (κ2) is 7.11. The molecule has 1 heterocycles. The van der Waals surface area contributed by atoms with Crippen molar-refractivity contribution in [3.05, 3.63) is 29.8 Å². The number of hydrogen-bond donors (Lipinski definition) is 2. The molecule has 0 bridgehead atoms. The van der Waals surface area contributed by atoms with E-state index < -0.39 is 5.97 Å². The molecule has 2 amide bonds. The summed E-state index contributed by atoms with van der Waals surface area (Å²) in [5.41, 5.74) is 1.94. The number of amides is 2. The van der Waals surface area contributed by atoms with Gasteiger partial charge in [0.25, 0.3) is 0 Å². The molecule has 21 heavy (non-hydrogen) atoms. The number of aryl methyl sites for hydroxylation is 1. The van der Waals surface area contributed by atoms with Crippen LogP contribution in [0.4, 0.5) is 10.5 Å². The van der Waals surface area contributed by atoms with Gasteiger partial charge in [0.15, 0.2) is 0 Å². The van der Waals surface area contributed by atoms with Crippen LogP contribution in [0.1, 0.15) is 31.7 Å². The summed E-state index contributed by atoms with van der Waals surface area (Å²) in [4.78, 5) is 24.9. The number of carbonyl (C=O) groups is 2. The van der Waals surface area contributed by atoms with E-state index in [2.05, 4.69) is 12.2 Å². The third-order valence-electron chi connectivity index (χ3n) is 3.91. The molecule has 5 heteroatoms. The summed E-state index contributed by atoms with van der Waals surface area (Å²) < 4.78 is 0. The summed E-state index contributed by atoms with van der Waals surface area (Å²) in [7, 11) is 0. The van der Waals surface area contributed by atoms with Crippen molar-refractivity contribution in [1.82, 2.24) is 4.90 Å². The Labute approximate surface area is 125 Å². The van der Waals surface area contributed by atoms with Crippen molar-refractivity contribution in [2.75, 3.05) is 18.4 Å². The molecule has 2 rings (SSSR count). The summed E-state index contributed by atoms with van der Waals surface area (Å²) >= 11 is 0. The Balaban J connectivity index is 1.98. The Kier molecular flexibility index (Phi) is 5.20. The number of rotatable bonds is 4. The number of nitrogens with one attached hydrogen (secondary N) is 1. The average Bonchev–Trinajstić information content (AvgIpc) is 2.47. The second-order valence-electron chi connectivity index (χ2n) is 5.49. The molecule has 1 aliphatic rings. The number of anilines is 1. The number of benzene rings is 1. The van der Waals surface area contributed by atoms with E-state index in [4.69, 9.17) is 5.11 Å². The Morgan fingerprint density at radius 2 is 2.14 bits per heavy atom. The van der Waals surface area contributed by atoms with Crippen molar-refractivity contribution in [3.63, 3.8) is 0 Å². The molecule has 1 aromatic carbocycles. The lowest BCUT2D eigenvalue weighted by Crippen LogP contribution is -2.42. The molecule has 1 aromatic rings. The summed E-state index contributed by atoms with van der Waals surface area (Å²) in [6.45, 7) is 3.26. The van der Waals surface area contributed by atoms with Crippen LogP contribution in [0.25, 0.3) is 0 Å². The van der Waals surface area contributed by atoms with Crippen molar-refractivity contribution in [1.29, 1.82) is 0 Å². The Morgan fingerprint density at radius 1 is 1.38 bits per heavy atom. The van der Waals surface area contributed by atoms with Gasteiger partial charge in [0.1, 0.15) is 0 Å². The number of urea groups is 1. The second-order valence-corrected chi connectivity index (χ2v) is 5.49. The van der Waals surface area contributed by atoms with Crippen LogP contribution in [0.15, 0.2) is 24.3 Å². The zero-order chi connectivity index (χ0) is 15.2. The first kappa shape index (κ1) is 15.4. The van der Waals surface area contributed by atoms with Crippen LogP contribution < -0.4 is 5.32 Å². The Hall–Kier alpha value is -2.04. The summed E-state index contributed by atoms with van der Waals surface area (Å²) in [6, 6.07) is 7.62. The first-order chi connectivity index (χ1) is 10.1. The topological polar surface area (TPSA) is 69.6 Å². The molecule has 1 atom stereocenters. The fourth-order valence-corrected chi connectivity index (χ4v) is 2.81. The number of para-hydroxylation sites is 1. The highest BCUT2D eigenvalue weighted by Crippen LogP contribution is 2.21. The molecule has 0 spiro atoms. The molecule has 1 aliphatic heterocycles. The Bertz CT molecular complexity index is 516.